The monoisotopic (exact) mass is 404 g/mol. The summed E-state index contributed by atoms with van der Waals surface area (Å²) in [4.78, 5) is 23.8. The molecule has 2 rings (SSSR count). The predicted molar refractivity (Wildman–Crippen MR) is 102 cm³/mol. The fourth-order valence-corrected chi connectivity index (χ4v) is 2.73. The van der Waals surface area contributed by atoms with Crippen LogP contribution in [0, 0.1) is 20.8 Å². The highest BCUT2D eigenvalue weighted by Crippen LogP contribution is 2.21. The Morgan fingerprint density at radius 2 is 1.60 bits per heavy atom. The minimum atomic E-state index is -0.351. The third kappa shape index (κ3) is 5.90. The molecule has 0 bridgehead atoms. The normalized spacial score (nSPS) is 10.2. The van der Waals surface area contributed by atoms with Crippen molar-refractivity contribution in [3.63, 3.8) is 0 Å². The molecule has 0 radical (unpaired) electrons. The largest absolute Gasteiger partial charge is 0.484 e. The number of carbonyl (C=O) groups excluding carboxylic acids is 2. The van der Waals surface area contributed by atoms with Crippen LogP contribution in [0.3, 0.4) is 0 Å². The Morgan fingerprint density at radius 1 is 1.00 bits per heavy atom. The number of halogens is 1. The lowest BCUT2D eigenvalue weighted by molar-refractivity contribution is -0.125. The Bertz CT molecular complexity index is 750. The summed E-state index contributed by atoms with van der Waals surface area (Å²) in [6.07, 6.45) is 0. The number of ether oxygens (including phenoxy) is 1. The third-order valence-corrected chi connectivity index (χ3v) is 4.10. The number of aryl methyl sites for hydroxylation is 3. The zero-order chi connectivity index (χ0) is 18.4. The minimum Gasteiger partial charge on any atom is -0.484 e. The van der Waals surface area contributed by atoms with E-state index in [9.17, 15) is 9.59 Å². The number of rotatable bonds is 6. The van der Waals surface area contributed by atoms with E-state index in [1.54, 1.807) is 12.1 Å². The summed E-state index contributed by atoms with van der Waals surface area (Å²) in [6, 6.07) is 11.2. The average molecular weight is 405 g/mol. The maximum Gasteiger partial charge on any atom is 0.258 e. The lowest BCUT2D eigenvalue weighted by Crippen LogP contribution is -2.36. The molecular formula is C19H21BrN2O3. The van der Waals surface area contributed by atoms with Crippen molar-refractivity contribution >= 4 is 33.4 Å². The SMILES string of the molecule is Cc1cc(C)c(NC(=O)CNC(=O)COc2ccc(Br)cc2)c(C)c1. The van der Waals surface area contributed by atoms with Gasteiger partial charge < -0.3 is 15.4 Å². The molecule has 5 nitrogen and oxygen atoms in total. The van der Waals surface area contributed by atoms with Gasteiger partial charge in [0.05, 0.1) is 6.54 Å². The van der Waals surface area contributed by atoms with E-state index in [0.29, 0.717) is 5.75 Å². The first-order chi connectivity index (χ1) is 11.8. The number of anilines is 1. The molecule has 2 aromatic carbocycles. The van der Waals surface area contributed by atoms with Gasteiger partial charge in [0.2, 0.25) is 5.91 Å². The summed E-state index contributed by atoms with van der Waals surface area (Å²) in [5.74, 6) is -0.0313. The third-order valence-electron chi connectivity index (χ3n) is 3.57. The second kappa shape index (κ2) is 8.67. The lowest BCUT2D eigenvalue weighted by atomic mass is 10.1. The highest BCUT2D eigenvalue weighted by Gasteiger charge is 2.10. The van der Waals surface area contributed by atoms with E-state index in [4.69, 9.17) is 4.74 Å². The lowest BCUT2D eigenvalue weighted by Gasteiger charge is -2.13. The van der Waals surface area contributed by atoms with E-state index < -0.39 is 0 Å². The predicted octanol–water partition coefficient (Wildman–Crippen LogP) is 3.51. The summed E-state index contributed by atoms with van der Waals surface area (Å²) < 4.78 is 6.29. The average Bonchev–Trinajstić information content (AvgIpc) is 2.55. The molecule has 2 aromatic rings. The topological polar surface area (TPSA) is 67.4 Å². The summed E-state index contributed by atoms with van der Waals surface area (Å²) in [7, 11) is 0. The van der Waals surface area contributed by atoms with Gasteiger partial charge in [0.25, 0.3) is 5.91 Å². The van der Waals surface area contributed by atoms with Crippen molar-refractivity contribution in [2.24, 2.45) is 0 Å². The molecule has 0 unspecified atom stereocenters. The van der Waals surface area contributed by atoms with Gasteiger partial charge in [0.1, 0.15) is 5.75 Å². The highest BCUT2D eigenvalue weighted by atomic mass is 79.9. The van der Waals surface area contributed by atoms with Crippen molar-refractivity contribution in [3.05, 3.63) is 57.6 Å². The number of amides is 2. The molecule has 0 aliphatic carbocycles. The molecule has 2 amide bonds. The summed E-state index contributed by atoms with van der Waals surface area (Å²) in [6.45, 7) is 5.66. The van der Waals surface area contributed by atoms with Crippen LogP contribution in [-0.4, -0.2) is 25.0 Å². The van der Waals surface area contributed by atoms with E-state index in [2.05, 4.69) is 26.6 Å². The Morgan fingerprint density at radius 3 is 2.20 bits per heavy atom. The molecule has 0 heterocycles. The van der Waals surface area contributed by atoms with Crippen molar-refractivity contribution in [2.75, 3.05) is 18.5 Å². The second-order valence-electron chi connectivity index (χ2n) is 5.84. The Kier molecular flexibility index (Phi) is 6.58. The number of carbonyl (C=O) groups is 2. The molecule has 0 aliphatic heterocycles. The molecule has 2 N–H and O–H groups in total. The first kappa shape index (κ1) is 19.0. The van der Waals surface area contributed by atoms with Crippen LogP contribution in [0.2, 0.25) is 0 Å². The van der Waals surface area contributed by atoms with E-state index in [0.717, 1.165) is 26.9 Å². The quantitative estimate of drug-likeness (QED) is 0.773. The standard InChI is InChI=1S/C19H21BrN2O3/c1-12-8-13(2)19(14(3)9-12)22-17(23)10-21-18(24)11-25-16-6-4-15(20)5-7-16/h4-9H,10-11H2,1-3H3,(H,21,24)(H,22,23). The molecule has 0 aliphatic rings. The van der Waals surface area contributed by atoms with Gasteiger partial charge in [-0.2, -0.15) is 0 Å². The molecule has 132 valence electrons. The molecule has 0 aromatic heterocycles. The first-order valence-electron chi connectivity index (χ1n) is 7.88. The summed E-state index contributed by atoms with van der Waals surface area (Å²) >= 11 is 3.33. The molecule has 0 atom stereocenters. The van der Waals surface area contributed by atoms with Crippen LogP contribution in [-0.2, 0) is 9.59 Å². The number of hydrogen-bond donors (Lipinski definition) is 2. The molecule has 0 spiro atoms. The summed E-state index contributed by atoms with van der Waals surface area (Å²) in [5.41, 5.74) is 3.92. The van der Waals surface area contributed by atoms with E-state index in [1.807, 2.05) is 45.0 Å². The van der Waals surface area contributed by atoms with Gasteiger partial charge in [-0.25, -0.2) is 0 Å². The van der Waals surface area contributed by atoms with Crippen LogP contribution >= 0.6 is 15.9 Å². The molecule has 0 saturated heterocycles. The van der Waals surface area contributed by atoms with Gasteiger partial charge in [0.15, 0.2) is 6.61 Å². The highest BCUT2D eigenvalue weighted by molar-refractivity contribution is 9.10. The van der Waals surface area contributed by atoms with Gasteiger partial charge >= 0.3 is 0 Å². The first-order valence-corrected chi connectivity index (χ1v) is 8.67. The van der Waals surface area contributed by atoms with Crippen molar-refractivity contribution < 1.29 is 14.3 Å². The maximum atomic E-state index is 12.0. The maximum absolute atomic E-state index is 12.0. The van der Waals surface area contributed by atoms with Crippen molar-refractivity contribution in [3.8, 4) is 5.75 Å². The fourth-order valence-electron chi connectivity index (χ4n) is 2.47. The van der Waals surface area contributed by atoms with Crippen LogP contribution in [0.5, 0.6) is 5.75 Å². The number of benzene rings is 2. The Balaban J connectivity index is 1.79. The summed E-state index contributed by atoms with van der Waals surface area (Å²) in [5, 5.41) is 5.39. The molecule has 6 heteroatoms. The number of hydrogen-bond acceptors (Lipinski definition) is 3. The van der Waals surface area contributed by atoms with Gasteiger partial charge in [-0.15, -0.1) is 0 Å². The van der Waals surface area contributed by atoms with Crippen LogP contribution in [0.25, 0.3) is 0 Å². The zero-order valence-corrected chi connectivity index (χ0v) is 16.1. The van der Waals surface area contributed by atoms with Gasteiger partial charge in [-0.05, 0) is 56.2 Å². The zero-order valence-electron chi connectivity index (χ0n) is 14.5. The van der Waals surface area contributed by atoms with Crippen molar-refractivity contribution in [1.29, 1.82) is 0 Å². The van der Waals surface area contributed by atoms with Crippen molar-refractivity contribution in [2.45, 2.75) is 20.8 Å². The van der Waals surface area contributed by atoms with Crippen LogP contribution in [0.15, 0.2) is 40.9 Å². The van der Waals surface area contributed by atoms with E-state index >= 15 is 0 Å². The molecule has 0 saturated carbocycles. The minimum absolute atomic E-state index is 0.102. The van der Waals surface area contributed by atoms with Crippen LogP contribution < -0.4 is 15.4 Å². The van der Waals surface area contributed by atoms with E-state index in [1.165, 1.54) is 0 Å². The molecule has 0 fully saturated rings. The van der Waals surface area contributed by atoms with Gasteiger partial charge in [-0.1, -0.05) is 33.6 Å². The Hall–Kier alpha value is -2.34. The smallest absolute Gasteiger partial charge is 0.258 e. The van der Waals surface area contributed by atoms with Gasteiger partial charge in [-0.3, -0.25) is 9.59 Å². The molecule has 25 heavy (non-hydrogen) atoms. The van der Waals surface area contributed by atoms with Crippen molar-refractivity contribution in [1.82, 2.24) is 5.32 Å². The van der Waals surface area contributed by atoms with Crippen LogP contribution in [0.1, 0.15) is 16.7 Å². The van der Waals surface area contributed by atoms with Gasteiger partial charge in [0, 0.05) is 10.2 Å². The van der Waals surface area contributed by atoms with E-state index in [-0.39, 0.29) is 25.0 Å². The number of nitrogens with one attached hydrogen (secondary N) is 2. The fraction of sp³-hybridized carbons (Fsp3) is 0.263. The Labute approximate surface area is 155 Å². The second-order valence-corrected chi connectivity index (χ2v) is 6.76. The van der Waals surface area contributed by atoms with Crippen LogP contribution in [0.4, 0.5) is 5.69 Å². The molecular weight excluding hydrogens is 384 g/mol.